The summed E-state index contributed by atoms with van der Waals surface area (Å²) in [6.45, 7) is 3.15. The van der Waals surface area contributed by atoms with E-state index in [0.717, 1.165) is 32.0 Å². The van der Waals surface area contributed by atoms with Crippen LogP contribution in [0, 0.1) is 5.82 Å². The number of carbonyl (C=O) groups is 1. The van der Waals surface area contributed by atoms with Crippen LogP contribution in [0.15, 0.2) is 85.2 Å². The summed E-state index contributed by atoms with van der Waals surface area (Å²) in [6, 6.07) is 22.3. The van der Waals surface area contributed by atoms with Crippen LogP contribution in [0.4, 0.5) is 15.8 Å². The number of hydrogen-bond donors (Lipinski definition) is 1. The zero-order chi connectivity index (χ0) is 24.0. The molecule has 0 atom stereocenters. The molecule has 1 saturated heterocycles. The molecule has 1 N–H and O–H groups in total. The molecule has 1 amide bonds. The number of amides is 1. The molecule has 2 heterocycles. The molecule has 0 radical (unpaired) electrons. The first-order valence-corrected chi connectivity index (χ1v) is 11.2. The number of benzene rings is 3. The van der Waals surface area contributed by atoms with Crippen LogP contribution in [0.1, 0.15) is 10.4 Å². The monoisotopic (exact) mass is 470 g/mol. The number of morpholine rings is 1. The largest absolute Gasteiger partial charge is 0.439 e. The summed E-state index contributed by atoms with van der Waals surface area (Å²) >= 11 is 0. The molecule has 176 valence electrons. The van der Waals surface area contributed by atoms with Crippen LogP contribution in [0.25, 0.3) is 11.3 Å². The fourth-order valence-corrected chi connectivity index (χ4v) is 3.80. The van der Waals surface area contributed by atoms with Crippen LogP contribution in [-0.4, -0.2) is 42.2 Å². The maximum Gasteiger partial charge on any atom is 0.255 e. The molecule has 0 unspecified atom stereocenters. The Morgan fingerprint density at radius 2 is 1.74 bits per heavy atom. The topological polar surface area (TPSA) is 76.6 Å². The van der Waals surface area contributed by atoms with Gasteiger partial charge in [-0.1, -0.05) is 18.2 Å². The Balaban J connectivity index is 1.26. The first kappa shape index (κ1) is 22.5. The minimum Gasteiger partial charge on any atom is -0.439 e. The molecule has 5 rings (SSSR count). The number of aromatic nitrogens is 2. The molecular formula is C27H23FN4O3. The van der Waals surface area contributed by atoms with Crippen LogP contribution < -0.4 is 15.0 Å². The minimum atomic E-state index is -0.349. The van der Waals surface area contributed by atoms with Gasteiger partial charge in [0.1, 0.15) is 17.9 Å². The quantitative estimate of drug-likeness (QED) is 0.419. The normalized spacial score (nSPS) is 13.3. The minimum absolute atomic E-state index is 0.252. The number of nitrogens with one attached hydrogen (secondary N) is 1. The molecule has 35 heavy (non-hydrogen) atoms. The van der Waals surface area contributed by atoms with Crippen molar-refractivity contribution in [1.82, 2.24) is 9.97 Å². The first-order valence-electron chi connectivity index (χ1n) is 11.2. The van der Waals surface area contributed by atoms with Crippen molar-refractivity contribution in [1.29, 1.82) is 0 Å². The highest BCUT2D eigenvalue weighted by Crippen LogP contribution is 2.25. The van der Waals surface area contributed by atoms with Gasteiger partial charge in [0.2, 0.25) is 5.88 Å². The Bertz CT molecular complexity index is 1320. The van der Waals surface area contributed by atoms with Crippen LogP contribution in [0.3, 0.4) is 0 Å². The Morgan fingerprint density at radius 3 is 2.54 bits per heavy atom. The number of ether oxygens (including phenoxy) is 2. The lowest BCUT2D eigenvalue weighted by molar-refractivity contribution is 0.102. The number of hydrogen-bond acceptors (Lipinski definition) is 6. The summed E-state index contributed by atoms with van der Waals surface area (Å²) < 4.78 is 24.8. The van der Waals surface area contributed by atoms with Crippen molar-refractivity contribution in [2.45, 2.75) is 0 Å². The third kappa shape index (κ3) is 5.62. The molecule has 1 aliphatic heterocycles. The van der Waals surface area contributed by atoms with E-state index >= 15 is 0 Å². The van der Waals surface area contributed by atoms with E-state index in [1.807, 2.05) is 24.3 Å². The Morgan fingerprint density at radius 1 is 0.943 bits per heavy atom. The van der Waals surface area contributed by atoms with Crippen molar-refractivity contribution in [2.75, 3.05) is 36.5 Å². The highest BCUT2D eigenvalue weighted by Gasteiger charge is 2.12. The maximum atomic E-state index is 13.6. The average molecular weight is 471 g/mol. The van der Waals surface area contributed by atoms with E-state index in [2.05, 4.69) is 20.2 Å². The van der Waals surface area contributed by atoms with Crippen molar-refractivity contribution in [3.8, 4) is 22.9 Å². The fourth-order valence-electron chi connectivity index (χ4n) is 3.80. The molecule has 0 saturated carbocycles. The van der Waals surface area contributed by atoms with Crippen LogP contribution >= 0.6 is 0 Å². The fraction of sp³-hybridized carbons (Fsp3) is 0.148. The van der Waals surface area contributed by atoms with Gasteiger partial charge in [-0.05, 0) is 54.6 Å². The number of carbonyl (C=O) groups excluding carboxylic acids is 1. The summed E-state index contributed by atoms with van der Waals surface area (Å²) in [5.41, 5.74) is 3.39. The van der Waals surface area contributed by atoms with Gasteiger partial charge in [-0.3, -0.25) is 4.79 Å². The van der Waals surface area contributed by atoms with E-state index in [1.165, 1.54) is 18.5 Å². The van der Waals surface area contributed by atoms with Gasteiger partial charge in [-0.2, -0.15) is 0 Å². The van der Waals surface area contributed by atoms with Crippen LogP contribution in [0.5, 0.6) is 11.6 Å². The molecule has 0 aliphatic carbocycles. The van der Waals surface area contributed by atoms with Crippen LogP contribution in [0.2, 0.25) is 0 Å². The van der Waals surface area contributed by atoms with E-state index in [-0.39, 0.29) is 17.6 Å². The zero-order valence-electron chi connectivity index (χ0n) is 18.9. The third-order valence-corrected chi connectivity index (χ3v) is 5.58. The number of nitrogens with zero attached hydrogens (tertiary/aromatic N) is 3. The van der Waals surface area contributed by atoms with E-state index in [1.54, 1.807) is 42.5 Å². The molecule has 1 aliphatic rings. The van der Waals surface area contributed by atoms with Gasteiger partial charge in [0, 0.05) is 41.7 Å². The Kier molecular flexibility index (Phi) is 6.63. The smallest absolute Gasteiger partial charge is 0.255 e. The van der Waals surface area contributed by atoms with E-state index in [4.69, 9.17) is 9.47 Å². The lowest BCUT2D eigenvalue weighted by Gasteiger charge is -2.28. The SMILES string of the molecule is O=C(Nc1ccc(N2CCOCC2)cc1)c1cccc(Oc2cc(-c3cccc(F)c3)ncn2)c1. The van der Waals surface area contributed by atoms with Crippen molar-refractivity contribution in [2.24, 2.45) is 0 Å². The summed E-state index contributed by atoms with van der Waals surface area (Å²) in [5.74, 6) is 0.135. The van der Waals surface area contributed by atoms with Gasteiger partial charge in [-0.25, -0.2) is 14.4 Å². The maximum absolute atomic E-state index is 13.6. The van der Waals surface area contributed by atoms with Gasteiger partial charge < -0.3 is 19.7 Å². The van der Waals surface area contributed by atoms with Crippen molar-refractivity contribution >= 4 is 17.3 Å². The molecule has 1 aromatic heterocycles. The molecule has 0 bridgehead atoms. The van der Waals surface area contributed by atoms with Crippen LogP contribution in [-0.2, 0) is 4.74 Å². The van der Waals surface area contributed by atoms with Crippen molar-refractivity contribution in [3.05, 3.63) is 96.6 Å². The van der Waals surface area contributed by atoms with Gasteiger partial charge >= 0.3 is 0 Å². The first-order chi connectivity index (χ1) is 17.1. The molecular weight excluding hydrogens is 447 g/mol. The van der Waals surface area contributed by atoms with Gasteiger partial charge in [0.15, 0.2) is 0 Å². The lowest BCUT2D eigenvalue weighted by atomic mass is 10.1. The second kappa shape index (κ2) is 10.3. The standard InChI is InChI=1S/C27H23FN4O3/c28-21-5-1-3-19(15-21)25-17-26(30-18-29-25)35-24-6-2-4-20(16-24)27(33)31-22-7-9-23(10-8-22)32-11-13-34-14-12-32/h1-10,15-18H,11-14H2,(H,31,33). The predicted molar refractivity (Wildman–Crippen MR) is 131 cm³/mol. The zero-order valence-corrected chi connectivity index (χ0v) is 18.9. The van der Waals surface area contributed by atoms with Crippen molar-refractivity contribution in [3.63, 3.8) is 0 Å². The van der Waals surface area contributed by atoms with Crippen molar-refractivity contribution < 1.29 is 18.7 Å². The molecule has 8 heteroatoms. The average Bonchev–Trinajstić information content (AvgIpc) is 2.90. The van der Waals surface area contributed by atoms with E-state index in [0.29, 0.717) is 28.3 Å². The lowest BCUT2D eigenvalue weighted by Crippen LogP contribution is -2.36. The molecule has 0 spiro atoms. The van der Waals surface area contributed by atoms with Gasteiger partial charge in [0.25, 0.3) is 5.91 Å². The molecule has 1 fully saturated rings. The summed E-state index contributed by atoms with van der Waals surface area (Å²) in [5, 5.41) is 2.92. The third-order valence-electron chi connectivity index (χ3n) is 5.58. The van der Waals surface area contributed by atoms with E-state index < -0.39 is 0 Å². The second-order valence-corrected chi connectivity index (χ2v) is 7.98. The number of rotatable bonds is 6. The summed E-state index contributed by atoms with van der Waals surface area (Å²) in [4.78, 5) is 23.4. The van der Waals surface area contributed by atoms with Gasteiger partial charge in [-0.15, -0.1) is 0 Å². The predicted octanol–water partition coefficient (Wildman–Crippen LogP) is 5.16. The van der Waals surface area contributed by atoms with E-state index in [9.17, 15) is 9.18 Å². The summed E-state index contributed by atoms with van der Waals surface area (Å²) in [6.07, 6.45) is 1.35. The van der Waals surface area contributed by atoms with Gasteiger partial charge in [0.05, 0.1) is 18.9 Å². The molecule has 3 aromatic carbocycles. The highest BCUT2D eigenvalue weighted by atomic mass is 19.1. The molecule has 4 aromatic rings. The highest BCUT2D eigenvalue weighted by molar-refractivity contribution is 6.04. The number of halogens is 1. The Hall–Kier alpha value is -4.30. The Labute approximate surface area is 202 Å². The molecule has 7 nitrogen and oxygen atoms in total. The summed E-state index contributed by atoms with van der Waals surface area (Å²) in [7, 11) is 0. The second-order valence-electron chi connectivity index (χ2n) is 7.98. The number of anilines is 2.